The van der Waals surface area contributed by atoms with E-state index in [-0.39, 0.29) is 42.0 Å². The number of rotatable bonds is 5. The Morgan fingerprint density at radius 3 is 2.31 bits per heavy atom. The summed E-state index contributed by atoms with van der Waals surface area (Å²) in [6, 6.07) is 4.85. The second-order valence-electron chi connectivity index (χ2n) is 13.9. The second-order valence-corrected chi connectivity index (χ2v) is 13.9. The summed E-state index contributed by atoms with van der Waals surface area (Å²) in [6.45, 7) is 11.8. The first kappa shape index (κ1) is 35.8. The minimum absolute atomic E-state index is 0.0535. The van der Waals surface area contributed by atoms with Crippen LogP contribution in [0.25, 0.3) is 6.08 Å². The van der Waals surface area contributed by atoms with E-state index in [9.17, 15) is 23.9 Å². The summed E-state index contributed by atoms with van der Waals surface area (Å²) in [4.78, 5) is 46.5. The van der Waals surface area contributed by atoms with E-state index < -0.39 is 24.3 Å². The van der Waals surface area contributed by atoms with E-state index in [4.69, 9.17) is 14.2 Å². The molecular formula is C36H51FN4O7. The van der Waals surface area contributed by atoms with Crippen molar-refractivity contribution in [3.63, 3.8) is 0 Å². The minimum atomic E-state index is -0.888. The fourth-order valence-electron chi connectivity index (χ4n) is 6.66. The van der Waals surface area contributed by atoms with E-state index in [1.807, 2.05) is 57.0 Å². The number of carbonyl (C=O) groups is 3. The van der Waals surface area contributed by atoms with Gasteiger partial charge < -0.3 is 38.9 Å². The third-order valence-electron chi connectivity index (χ3n) is 9.95. The third-order valence-corrected chi connectivity index (χ3v) is 9.95. The molecule has 0 saturated carbocycles. The lowest BCUT2D eigenvalue weighted by molar-refractivity contribution is -0.151. The van der Waals surface area contributed by atoms with E-state index in [0.717, 1.165) is 18.8 Å². The predicted molar refractivity (Wildman–Crippen MR) is 180 cm³/mol. The van der Waals surface area contributed by atoms with Crippen LogP contribution in [0.5, 0.6) is 0 Å². The van der Waals surface area contributed by atoms with Crippen molar-refractivity contribution in [3.8, 4) is 0 Å². The summed E-state index contributed by atoms with van der Waals surface area (Å²) in [5.41, 5.74) is 2.05. The highest BCUT2D eigenvalue weighted by atomic mass is 19.1. The van der Waals surface area contributed by atoms with Gasteiger partial charge in [-0.25, -0.2) is 9.18 Å². The van der Waals surface area contributed by atoms with Gasteiger partial charge in [0.15, 0.2) is 0 Å². The number of nitrogens with zero attached hydrogens (tertiary/aromatic N) is 4. The van der Waals surface area contributed by atoms with Gasteiger partial charge in [0.2, 0.25) is 5.91 Å². The Morgan fingerprint density at radius 2 is 1.65 bits per heavy atom. The minimum Gasteiger partial charge on any atom is -0.457 e. The first-order valence-electron chi connectivity index (χ1n) is 17.3. The molecule has 3 fully saturated rings. The quantitative estimate of drug-likeness (QED) is 0.372. The topological polar surface area (TPSA) is 112 Å². The SMILES string of the molecule is C/C(=C\c1cc(F)cc(N2CCN(C(=O)C3COC3)CC2)c1)[C@H]1OC(=O)C[C@H](O)CC[C@H](C)[C@H](OC(=O)N2CCN(C)CC2)/C=C/[C@@H]1C. The van der Waals surface area contributed by atoms with Gasteiger partial charge in [-0.15, -0.1) is 0 Å². The number of ether oxygens (including phenoxy) is 3. The second kappa shape index (κ2) is 16.3. The maximum absolute atomic E-state index is 15.0. The van der Waals surface area contributed by atoms with E-state index in [1.165, 1.54) is 12.1 Å². The number of anilines is 1. The van der Waals surface area contributed by atoms with Crippen LogP contribution in [0, 0.1) is 23.6 Å². The molecule has 1 N–H and O–H groups in total. The number of esters is 1. The van der Waals surface area contributed by atoms with Crippen LogP contribution in [0.4, 0.5) is 14.9 Å². The summed E-state index contributed by atoms with van der Waals surface area (Å²) in [5.74, 6) is -1.21. The number of hydrogen-bond acceptors (Lipinski definition) is 9. The van der Waals surface area contributed by atoms with Crippen LogP contribution < -0.4 is 4.90 Å². The van der Waals surface area contributed by atoms with Crippen LogP contribution >= 0.6 is 0 Å². The fraction of sp³-hybridized carbons (Fsp3) is 0.639. The van der Waals surface area contributed by atoms with Crippen molar-refractivity contribution < 1.29 is 38.1 Å². The molecule has 4 aliphatic heterocycles. The number of amides is 2. The summed E-state index contributed by atoms with van der Waals surface area (Å²) >= 11 is 0. The highest BCUT2D eigenvalue weighted by Gasteiger charge is 2.33. The molecule has 11 nitrogen and oxygen atoms in total. The van der Waals surface area contributed by atoms with Crippen LogP contribution in [-0.4, -0.2) is 129 Å². The van der Waals surface area contributed by atoms with E-state index in [2.05, 4.69) is 9.80 Å². The Balaban J connectivity index is 1.31. The number of carbonyl (C=O) groups excluding carboxylic acids is 3. The molecule has 0 aliphatic carbocycles. The molecule has 1 aromatic carbocycles. The van der Waals surface area contributed by atoms with E-state index in [0.29, 0.717) is 76.5 Å². The van der Waals surface area contributed by atoms with Crippen LogP contribution in [0.2, 0.25) is 0 Å². The Bertz CT molecular complexity index is 1350. The lowest BCUT2D eigenvalue weighted by Gasteiger charge is -2.39. The molecule has 264 valence electrons. The molecule has 2 amide bonds. The normalized spacial score (nSPS) is 29.3. The molecule has 5 atom stereocenters. The summed E-state index contributed by atoms with van der Waals surface area (Å²) in [6.07, 6.45) is 3.94. The Labute approximate surface area is 283 Å². The first-order chi connectivity index (χ1) is 23.0. The van der Waals surface area contributed by atoms with Crippen molar-refractivity contribution in [1.82, 2.24) is 14.7 Å². The molecule has 4 heterocycles. The number of benzene rings is 1. The molecular weight excluding hydrogens is 619 g/mol. The number of piperazine rings is 2. The largest absolute Gasteiger partial charge is 0.457 e. The number of halogens is 1. The maximum atomic E-state index is 15.0. The number of aliphatic hydroxyl groups is 1. The van der Waals surface area contributed by atoms with Gasteiger partial charge in [-0.05, 0) is 68.1 Å². The average Bonchev–Trinajstić information content (AvgIpc) is 3.03. The number of likely N-dealkylation sites (N-methyl/N-ethyl adjacent to an activating group) is 1. The van der Waals surface area contributed by atoms with Crippen molar-refractivity contribution in [3.05, 3.63) is 47.3 Å². The predicted octanol–water partition coefficient (Wildman–Crippen LogP) is 3.56. The Morgan fingerprint density at radius 1 is 0.958 bits per heavy atom. The molecule has 1 aromatic rings. The number of cyclic esters (lactones) is 1. The zero-order valence-corrected chi connectivity index (χ0v) is 28.7. The molecule has 5 rings (SSSR count). The maximum Gasteiger partial charge on any atom is 0.410 e. The van der Waals surface area contributed by atoms with Crippen molar-refractivity contribution in [2.75, 3.05) is 77.5 Å². The molecule has 0 unspecified atom stereocenters. The standard InChI is InChI=1S/C36H51FN4O7/c1-24-5-7-31(42)21-33(43)48-34(25(2)6-8-32(24)47-36(45)41-11-9-38(4)10-12-41)26(3)17-27-18-29(37)20-30(19-27)39-13-15-40(16-14-39)35(44)28-22-46-23-28/h6,8,17-20,24-25,28,31-32,34,42H,5,7,9-16,21-23H2,1-4H3/b8-6+,26-17+/t24-,25-,31+,32+,34-/m0/s1. The Kier molecular flexibility index (Phi) is 12.1. The molecule has 0 radical (unpaired) electrons. The van der Waals surface area contributed by atoms with Gasteiger partial charge in [0.1, 0.15) is 18.0 Å². The van der Waals surface area contributed by atoms with Gasteiger partial charge in [-0.2, -0.15) is 0 Å². The zero-order chi connectivity index (χ0) is 34.4. The van der Waals surface area contributed by atoms with Gasteiger partial charge >= 0.3 is 12.1 Å². The highest BCUT2D eigenvalue weighted by molar-refractivity contribution is 5.80. The first-order valence-corrected chi connectivity index (χ1v) is 17.3. The molecule has 3 saturated heterocycles. The monoisotopic (exact) mass is 670 g/mol. The smallest absolute Gasteiger partial charge is 0.410 e. The molecule has 12 heteroatoms. The summed E-state index contributed by atoms with van der Waals surface area (Å²) in [5, 5.41) is 10.7. The molecule has 4 aliphatic rings. The summed E-state index contributed by atoms with van der Waals surface area (Å²) < 4.78 is 32.1. The average molecular weight is 671 g/mol. The zero-order valence-electron chi connectivity index (χ0n) is 28.7. The Hall–Kier alpha value is -3.48. The van der Waals surface area contributed by atoms with Crippen molar-refractivity contribution in [2.45, 2.75) is 58.3 Å². The molecule has 0 bridgehead atoms. The van der Waals surface area contributed by atoms with Gasteiger partial charge in [0.05, 0.1) is 31.7 Å². The molecule has 0 aromatic heterocycles. The third kappa shape index (κ3) is 9.35. The van der Waals surface area contributed by atoms with Crippen molar-refractivity contribution >= 4 is 29.7 Å². The van der Waals surface area contributed by atoms with E-state index >= 15 is 0 Å². The number of aliphatic hydroxyl groups excluding tert-OH is 1. The van der Waals surface area contributed by atoms with Gasteiger partial charge in [0.25, 0.3) is 0 Å². The van der Waals surface area contributed by atoms with Crippen LogP contribution in [0.1, 0.15) is 45.6 Å². The van der Waals surface area contributed by atoms with Crippen LogP contribution in [-0.2, 0) is 23.8 Å². The van der Waals surface area contributed by atoms with Crippen LogP contribution in [0.3, 0.4) is 0 Å². The molecule has 48 heavy (non-hydrogen) atoms. The molecule has 0 spiro atoms. The highest BCUT2D eigenvalue weighted by Crippen LogP contribution is 2.28. The summed E-state index contributed by atoms with van der Waals surface area (Å²) in [7, 11) is 2.03. The van der Waals surface area contributed by atoms with Crippen molar-refractivity contribution in [2.24, 2.45) is 17.8 Å². The van der Waals surface area contributed by atoms with Crippen molar-refractivity contribution in [1.29, 1.82) is 0 Å². The van der Waals surface area contributed by atoms with Crippen LogP contribution in [0.15, 0.2) is 35.9 Å². The number of hydrogen-bond donors (Lipinski definition) is 1. The lowest BCUT2D eigenvalue weighted by atomic mass is 9.91. The van der Waals surface area contributed by atoms with Gasteiger partial charge in [-0.1, -0.05) is 26.0 Å². The van der Waals surface area contributed by atoms with Gasteiger partial charge in [-0.3, -0.25) is 9.59 Å². The fourth-order valence-corrected chi connectivity index (χ4v) is 6.66. The van der Waals surface area contributed by atoms with Gasteiger partial charge in [0, 0.05) is 64.0 Å². The van der Waals surface area contributed by atoms with E-state index in [1.54, 1.807) is 4.90 Å². The lowest BCUT2D eigenvalue weighted by Crippen LogP contribution is -2.53.